The van der Waals surface area contributed by atoms with Crippen LogP contribution in [0.25, 0.3) is 0 Å². The fraction of sp³-hybridized carbons (Fsp3) is 0.364. The van der Waals surface area contributed by atoms with E-state index in [9.17, 15) is 9.18 Å². The molecule has 0 aliphatic rings. The fourth-order valence-electron chi connectivity index (χ4n) is 1.23. The highest BCUT2D eigenvalue weighted by atomic mass is 19.1. The van der Waals surface area contributed by atoms with Crippen molar-refractivity contribution in [3.05, 3.63) is 35.1 Å². The number of hydrogen-bond acceptors (Lipinski definition) is 2. The number of rotatable bonds is 5. The van der Waals surface area contributed by atoms with Gasteiger partial charge in [0.1, 0.15) is 5.82 Å². The average molecular weight is 212 g/mol. The predicted molar refractivity (Wildman–Crippen MR) is 53.6 cm³/mol. The molecule has 0 amide bonds. The van der Waals surface area contributed by atoms with Crippen molar-refractivity contribution in [1.82, 2.24) is 0 Å². The van der Waals surface area contributed by atoms with E-state index in [0.717, 1.165) is 5.56 Å². The Kier molecular flexibility index (Phi) is 4.24. The Bertz CT molecular complexity index is 350. The minimum absolute atomic E-state index is 0.288. The highest BCUT2D eigenvalue weighted by Gasteiger charge is 2.10. The van der Waals surface area contributed by atoms with Gasteiger partial charge in [-0.15, -0.1) is 0 Å². The molecule has 1 rings (SSSR count). The smallest absolute Gasteiger partial charge is 0.338 e. The number of halogens is 1. The molecule has 0 aromatic heterocycles. The third-order valence-corrected chi connectivity index (χ3v) is 2.00. The second-order valence-electron chi connectivity index (χ2n) is 3.07. The minimum atomic E-state index is -1.24. The van der Waals surface area contributed by atoms with Crippen molar-refractivity contribution in [2.24, 2.45) is 0 Å². The Morgan fingerprint density at radius 1 is 1.53 bits per heavy atom. The van der Waals surface area contributed by atoms with Gasteiger partial charge in [0.15, 0.2) is 0 Å². The van der Waals surface area contributed by atoms with Crippen LogP contribution >= 0.6 is 0 Å². The normalized spacial score (nSPS) is 10.3. The van der Waals surface area contributed by atoms with Gasteiger partial charge in [-0.3, -0.25) is 0 Å². The fourth-order valence-corrected chi connectivity index (χ4v) is 1.23. The molecule has 0 heterocycles. The van der Waals surface area contributed by atoms with Crippen LogP contribution in [0.15, 0.2) is 18.2 Å². The van der Waals surface area contributed by atoms with E-state index in [-0.39, 0.29) is 5.56 Å². The molecule has 0 aliphatic heterocycles. The first-order valence-electron chi connectivity index (χ1n) is 4.74. The minimum Gasteiger partial charge on any atom is -0.478 e. The van der Waals surface area contributed by atoms with E-state index >= 15 is 0 Å². The summed E-state index contributed by atoms with van der Waals surface area (Å²) in [5, 5.41) is 8.69. The molecule has 0 fully saturated rings. The van der Waals surface area contributed by atoms with E-state index < -0.39 is 11.8 Å². The van der Waals surface area contributed by atoms with E-state index in [1.54, 1.807) is 6.07 Å². The molecule has 0 bridgehead atoms. The van der Waals surface area contributed by atoms with E-state index in [1.165, 1.54) is 12.1 Å². The molecule has 0 spiro atoms. The van der Waals surface area contributed by atoms with E-state index in [2.05, 4.69) is 0 Å². The van der Waals surface area contributed by atoms with Gasteiger partial charge in [0.25, 0.3) is 0 Å². The molecule has 15 heavy (non-hydrogen) atoms. The van der Waals surface area contributed by atoms with Crippen molar-refractivity contribution < 1.29 is 19.0 Å². The van der Waals surface area contributed by atoms with Crippen molar-refractivity contribution in [2.45, 2.75) is 13.3 Å². The Hall–Kier alpha value is -1.42. The maximum atomic E-state index is 13.0. The van der Waals surface area contributed by atoms with Crippen LogP contribution in [0.4, 0.5) is 4.39 Å². The summed E-state index contributed by atoms with van der Waals surface area (Å²) in [6.45, 7) is 3.02. The third-order valence-electron chi connectivity index (χ3n) is 2.00. The van der Waals surface area contributed by atoms with Crippen molar-refractivity contribution >= 4 is 5.97 Å². The molecule has 0 radical (unpaired) electrons. The summed E-state index contributed by atoms with van der Waals surface area (Å²) in [5.74, 6) is -1.95. The Balaban J connectivity index is 2.74. The topological polar surface area (TPSA) is 46.5 Å². The Morgan fingerprint density at radius 2 is 2.27 bits per heavy atom. The van der Waals surface area contributed by atoms with Crippen LogP contribution < -0.4 is 0 Å². The molecule has 82 valence electrons. The second kappa shape index (κ2) is 5.46. The molecule has 1 aromatic carbocycles. The maximum Gasteiger partial charge on any atom is 0.338 e. The first-order valence-corrected chi connectivity index (χ1v) is 4.74. The summed E-state index contributed by atoms with van der Waals surface area (Å²) in [7, 11) is 0. The van der Waals surface area contributed by atoms with Crippen LogP contribution in [0, 0.1) is 5.82 Å². The van der Waals surface area contributed by atoms with Crippen LogP contribution in [-0.4, -0.2) is 24.3 Å². The van der Waals surface area contributed by atoms with Crippen LogP contribution in [0.2, 0.25) is 0 Å². The van der Waals surface area contributed by atoms with Crippen molar-refractivity contribution in [2.75, 3.05) is 13.2 Å². The molecule has 1 aromatic rings. The molecular weight excluding hydrogens is 199 g/mol. The third kappa shape index (κ3) is 3.32. The molecule has 0 aliphatic carbocycles. The monoisotopic (exact) mass is 212 g/mol. The second-order valence-corrected chi connectivity index (χ2v) is 3.07. The van der Waals surface area contributed by atoms with Crippen molar-refractivity contribution in [3.63, 3.8) is 0 Å². The van der Waals surface area contributed by atoms with Gasteiger partial charge in [-0.05, 0) is 31.0 Å². The van der Waals surface area contributed by atoms with Gasteiger partial charge < -0.3 is 9.84 Å². The van der Waals surface area contributed by atoms with E-state index in [1.807, 2.05) is 6.92 Å². The van der Waals surface area contributed by atoms with Gasteiger partial charge in [0, 0.05) is 6.61 Å². The summed E-state index contributed by atoms with van der Waals surface area (Å²) in [6, 6.07) is 4.09. The summed E-state index contributed by atoms with van der Waals surface area (Å²) in [5.41, 5.74) is 0.478. The number of ether oxygens (including phenoxy) is 1. The number of carboxylic acids is 1. The molecular formula is C11H13FO3. The molecule has 4 heteroatoms. The predicted octanol–water partition coefficient (Wildman–Crippen LogP) is 2.10. The molecule has 0 saturated heterocycles. The average Bonchev–Trinajstić information content (AvgIpc) is 2.20. The first kappa shape index (κ1) is 11.7. The van der Waals surface area contributed by atoms with E-state index in [4.69, 9.17) is 9.84 Å². The molecule has 0 saturated carbocycles. The first-order chi connectivity index (χ1) is 7.15. The highest BCUT2D eigenvalue weighted by Crippen LogP contribution is 2.11. The van der Waals surface area contributed by atoms with Gasteiger partial charge >= 0.3 is 5.97 Å². The number of benzene rings is 1. The molecule has 0 atom stereocenters. The Labute approximate surface area is 87.5 Å². The van der Waals surface area contributed by atoms with Crippen LogP contribution in [0.3, 0.4) is 0 Å². The lowest BCUT2D eigenvalue weighted by atomic mass is 10.1. The lowest BCUT2D eigenvalue weighted by Gasteiger charge is -2.04. The van der Waals surface area contributed by atoms with Crippen LogP contribution in [-0.2, 0) is 11.2 Å². The van der Waals surface area contributed by atoms with Gasteiger partial charge in [0.2, 0.25) is 0 Å². The zero-order chi connectivity index (χ0) is 11.3. The quantitative estimate of drug-likeness (QED) is 0.760. The maximum absolute atomic E-state index is 13.0. The Morgan fingerprint density at radius 3 is 2.87 bits per heavy atom. The number of carbonyl (C=O) groups is 1. The van der Waals surface area contributed by atoms with Crippen LogP contribution in [0.5, 0.6) is 0 Å². The van der Waals surface area contributed by atoms with Crippen LogP contribution in [0.1, 0.15) is 22.8 Å². The van der Waals surface area contributed by atoms with Gasteiger partial charge in [0.05, 0.1) is 12.2 Å². The zero-order valence-electron chi connectivity index (χ0n) is 8.50. The SMILES string of the molecule is CCOCCc1ccc(F)c(C(=O)O)c1. The number of hydrogen-bond donors (Lipinski definition) is 1. The lowest BCUT2D eigenvalue weighted by molar-refractivity contribution is 0.0691. The number of carboxylic acid groups (broad SMARTS) is 1. The van der Waals surface area contributed by atoms with Crippen molar-refractivity contribution in [3.8, 4) is 0 Å². The standard InChI is InChI=1S/C11H13FO3/c1-2-15-6-5-8-3-4-10(12)9(7-8)11(13)14/h3-4,7H,2,5-6H2,1H3,(H,13,14). The highest BCUT2D eigenvalue weighted by molar-refractivity contribution is 5.88. The summed E-state index contributed by atoms with van der Waals surface area (Å²) >= 11 is 0. The molecule has 3 nitrogen and oxygen atoms in total. The summed E-state index contributed by atoms with van der Waals surface area (Å²) < 4.78 is 18.1. The van der Waals surface area contributed by atoms with Gasteiger partial charge in [-0.25, -0.2) is 9.18 Å². The van der Waals surface area contributed by atoms with Gasteiger partial charge in [-0.2, -0.15) is 0 Å². The number of aromatic carboxylic acids is 1. The largest absolute Gasteiger partial charge is 0.478 e. The summed E-state index contributed by atoms with van der Waals surface area (Å²) in [6.07, 6.45) is 0.592. The molecule has 1 N–H and O–H groups in total. The lowest BCUT2D eigenvalue weighted by Crippen LogP contribution is -2.03. The van der Waals surface area contributed by atoms with Gasteiger partial charge in [-0.1, -0.05) is 6.07 Å². The zero-order valence-corrected chi connectivity index (χ0v) is 8.50. The van der Waals surface area contributed by atoms with Crippen molar-refractivity contribution in [1.29, 1.82) is 0 Å². The molecule has 0 unspecified atom stereocenters. The summed E-state index contributed by atoms with van der Waals surface area (Å²) in [4.78, 5) is 10.6. The van der Waals surface area contributed by atoms with E-state index in [0.29, 0.717) is 19.6 Å².